The van der Waals surface area contributed by atoms with Crippen LogP contribution in [0.25, 0.3) is 0 Å². The third-order valence-electron chi connectivity index (χ3n) is 1.58. The van der Waals surface area contributed by atoms with Gasteiger partial charge in [-0.1, -0.05) is 13.8 Å². The third kappa shape index (κ3) is 7.73. The van der Waals surface area contributed by atoms with Crippen LogP contribution in [0.5, 0.6) is 0 Å². The lowest BCUT2D eigenvalue weighted by Gasteiger charge is -2.07. The van der Waals surface area contributed by atoms with Crippen molar-refractivity contribution in [3.8, 4) is 0 Å². The van der Waals surface area contributed by atoms with Gasteiger partial charge >= 0.3 is 0 Å². The lowest BCUT2D eigenvalue weighted by Crippen LogP contribution is -2.13. The van der Waals surface area contributed by atoms with Crippen molar-refractivity contribution in [2.45, 2.75) is 46.6 Å². The van der Waals surface area contributed by atoms with E-state index in [0.29, 0.717) is 12.3 Å². The van der Waals surface area contributed by atoms with E-state index in [0.717, 1.165) is 6.42 Å². The molecule has 0 fully saturated rings. The Morgan fingerprint density at radius 2 is 1.83 bits per heavy atom. The molecule has 0 aromatic carbocycles. The summed E-state index contributed by atoms with van der Waals surface area (Å²) in [4.78, 5) is 11.1. The first-order valence-corrected chi connectivity index (χ1v) is 4.65. The molecular formula is C10H20O2. The third-order valence-corrected chi connectivity index (χ3v) is 1.58. The van der Waals surface area contributed by atoms with Crippen LogP contribution in [-0.2, 0) is 9.53 Å². The second-order valence-corrected chi connectivity index (χ2v) is 3.83. The average molecular weight is 172 g/mol. The molecule has 0 amide bonds. The number of carbonyl (C=O) groups excluding carboxylic acids is 1. The van der Waals surface area contributed by atoms with Crippen LogP contribution in [0.3, 0.4) is 0 Å². The van der Waals surface area contributed by atoms with E-state index < -0.39 is 0 Å². The van der Waals surface area contributed by atoms with E-state index in [1.807, 2.05) is 13.8 Å². The van der Waals surface area contributed by atoms with Crippen LogP contribution in [0.1, 0.15) is 40.5 Å². The molecule has 0 saturated carbocycles. The maximum Gasteiger partial charge on any atom is 0.158 e. The molecule has 72 valence electrons. The molecule has 0 rings (SSSR count). The standard InChI is InChI=1S/C10H20O2/c1-8(2)5-6-10(11)7-12-9(3)4/h8-9H,5-7H2,1-4H3. The Bertz CT molecular complexity index is 114. The molecule has 2 nitrogen and oxygen atoms in total. The van der Waals surface area contributed by atoms with Crippen LogP contribution >= 0.6 is 0 Å². The topological polar surface area (TPSA) is 26.3 Å². The first kappa shape index (κ1) is 11.6. The van der Waals surface area contributed by atoms with Gasteiger partial charge in [-0.05, 0) is 26.2 Å². The Labute approximate surface area is 75.3 Å². The molecule has 12 heavy (non-hydrogen) atoms. The minimum absolute atomic E-state index is 0.160. The summed E-state index contributed by atoms with van der Waals surface area (Å²) in [5.74, 6) is 0.824. The molecule has 0 heterocycles. The minimum Gasteiger partial charge on any atom is -0.371 e. The number of ether oxygens (including phenoxy) is 1. The molecule has 0 aliphatic rings. The summed E-state index contributed by atoms with van der Waals surface area (Å²) in [5, 5.41) is 0. The van der Waals surface area contributed by atoms with Crippen LogP contribution in [0.15, 0.2) is 0 Å². The molecule has 0 spiro atoms. The molecular weight excluding hydrogens is 152 g/mol. The molecule has 0 radical (unpaired) electrons. The summed E-state index contributed by atoms with van der Waals surface area (Å²) in [6, 6.07) is 0. The highest BCUT2D eigenvalue weighted by molar-refractivity contribution is 5.79. The lowest BCUT2D eigenvalue weighted by molar-refractivity contribution is -0.125. The second-order valence-electron chi connectivity index (χ2n) is 3.83. The molecule has 0 atom stereocenters. The maximum absolute atomic E-state index is 11.1. The molecule has 0 bridgehead atoms. The van der Waals surface area contributed by atoms with Gasteiger partial charge < -0.3 is 4.74 Å². The molecule has 0 saturated heterocycles. The number of hydrogen-bond acceptors (Lipinski definition) is 2. The van der Waals surface area contributed by atoms with Crippen LogP contribution in [0, 0.1) is 5.92 Å². The summed E-state index contributed by atoms with van der Waals surface area (Å²) in [6.07, 6.45) is 1.79. The van der Waals surface area contributed by atoms with Crippen LogP contribution in [-0.4, -0.2) is 18.5 Å². The van der Waals surface area contributed by atoms with Gasteiger partial charge in [0, 0.05) is 6.42 Å². The van der Waals surface area contributed by atoms with Crippen molar-refractivity contribution in [3.63, 3.8) is 0 Å². The fraction of sp³-hybridized carbons (Fsp3) is 0.900. The van der Waals surface area contributed by atoms with Crippen molar-refractivity contribution in [1.29, 1.82) is 0 Å². The first-order valence-electron chi connectivity index (χ1n) is 4.65. The zero-order chi connectivity index (χ0) is 9.56. The quantitative estimate of drug-likeness (QED) is 0.615. The van der Waals surface area contributed by atoms with Gasteiger partial charge in [-0.2, -0.15) is 0 Å². The fourth-order valence-corrected chi connectivity index (χ4v) is 0.781. The van der Waals surface area contributed by atoms with Crippen molar-refractivity contribution in [2.24, 2.45) is 5.92 Å². The first-order chi connectivity index (χ1) is 5.52. The molecule has 0 aliphatic heterocycles. The maximum atomic E-state index is 11.1. The molecule has 0 N–H and O–H groups in total. The van der Waals surface area contributed by atoms with Gasteiger partial charge in [-0.25, -0.2) is 0 Å². The minimum atomic E-state index is 0.160. The largest absolute Gasteiger partial charge is 0.371 e. The zero-order valence-corrected chi connectivity index (χ0v) is 8.59. The highest BCUT2D eigenvalue weighted by atomic mass is 16.5. The lowest BCUT2D eigenvalue weighted by atomic mass is 10.1. The van der Waals surface area contributed by atoms with Gasteiger partial charge in [0.15, 0.2) is 5.78 Å². The van der Waals surface area contributed by atoms with Gasteiger partial charge in [0.1, 0.15) is 6.61 Å². The smallest absolute Gasteiger partial charge is 0.158 e. The normalized spacial score (nSPS) is 11.2. The van der Waals surface area contributed by atoms with Gasteiger partial charge in [0.05, 0.1) is 6.10 Å². The molecule has 0 aliphatic carbocycles. The summed E-state index contributed by atoms with van der Waals surface area (Å²) in [7, 11) is 0. The highest BCUT2D eigenvalue weighted by Crippen LogP contribution is 2.04. The number of hydrogen-bond donors (Lipinski definition) is 0. The Morgan fingerprint density at radius 3 is 2.25 bits per heavy atom. The monoisotopic (exact) mass is 172 g/mol. The van der Waals surface area contributed by atoms with Gasteiger partial charge in [0.25, 0.3) is 0 Å². The fourth-order valence-electron chi connectivity index (χ4n) is 0.781. The SMILES string of the molecule is CC(C)CCC(=O)COC(C)C. The van der Waals surface area contributed by atoms with E-state index in [2.05, 4.69) is 13.8 Å². The number of ketones is 1. The van der Waals surface area contributed by atoms with Crippen LogP contribution in [0.2, 0.25) is 0 Å². The number of carbonyl (C=O) groups is 1. The van der Waals surface area contributed by atoms with Gasteiger partial charge in [-0.3, -0.25) is 4.79 Å². The molecule has 0 aromatic heterocycles. The van der Waals surface area contributed by atoms with Gasteiger partial charge in [0.2, 0.25) is 0 Å². The van der Waals surface area contributed by atoms with Crippen molar-refractivity contribution < 1.29 is 9.53 Å². The zero-order valence-electron chi connectivity index (χ0n) is 8.59. The highest BCUT2D eigenvalue weighted by Gasteiger charge is 2.04. The van der Waals surface area contributed by atoms with E-state index in [4.69, 9.17) is 4.74 Å². The van der Waals surface area contributed by atoms with E-state index in [1.165, 1.54) is 0 Å². The van der Waals surface area contributed by atoms with Crippen LogP contribution < -0.4 is 0 Å². The Kier molecular flexibility index (Phi) is 5.99. The summed E-state index contributed by atoms with van der Waals surface area (Å²) in [5.41, 5.74) is 0. The Balaban J connectivity index is 3.34. The second kappa shape index (κ2) is 6.18. The number of Topliss-reactive ketones (excluding diaryl/α,β-unsaturated/α-hetero) is 1. The molecule has 0 aromatic rings. The predicted molar refractivity (Wildman–Crippen MR) is 50.2 cm³/mol. The van der Waals surface area contributed by atoms with E-state index in [-0.39, 0.29) is 18.5 Å². The number of rotatable bonds is 6. The molecule has 0 unspecified atom stereocenters. The summed E-state index contributed by atoms with van der Waals surface area (Å²) < 4.78 is 5.19. The van der Waals surface area contributed by atoms with Crippen molar-refractivity contribution in [2.75, 3.05) is 6.61 Å². The van der Waals surface area contributed by atoms with Crippen molar-refractivity contribution in [1.82, 2.24) is 0 Å². The average Bonchev–Trinajstić information content (AvgIpc) is 1.96. The van der Waals surface area contributed by atoms with Crippen molar-refractivity contribution in [3.05, 3.63) is 0 Å². The van der Waals surface area contributed by atoms with Gasteiger partial charge in [-0.15, -0.1) is 0 Å². The van der Waals surface area contributed by atoms with E-state index in [9.17, 15) is 4.79 Å². The summed E-state index contributed by atoms with van der Waals surface area (Å²) in [6.45, 7) is 8.41. The molecule has 2 heteroatoms. The predicted octanol–water partition coefficient (Wildman–Crippen LogP) is 2.42. The van der Waals surface area contributed by atoms with Crippen molar-refractivity contribution >= 4 is 5.78 Å². The summed E-state index contributed by atoms with van der Waals surface area (Å²) >= 11 is 0. The van der Waals surface area contributed by atoms with E-state index >= 15 is 0 Å². The Morgan fingerprint density at radius 1 is 1.25 bits per heavy atom. The van der Waals surface area contributed by atoms with E-state index in [1.54, 1.807) is 0 Å². The van der Waals surface area contributed by atoms with Crippen LogP contribution in [0.4, 0.5) is 0 Å². The Hall–Kier alpha value is -0.370.